The Bertz CT molecular complexity index is 961. The minimum atomic E-state index is -0.574. The molecule has 1 amide bonds. The Labute approximate surface area is 169 Å². The maximum absolute atomic E-state index is 13.9. The standard InChI is InChI=1S/C22H24BF2NO3/c1-21(2)22(3,4)29-23(28-21)16-5-8-19-14(11-16)9-10-26(19)20(27)13-15-12-17(24)6-7-18(15)25/h5-8,11-12H,9-10,13H2,1-4H3. The highest BCUT2D eigenvalue weighted by atomic mass is 19.1. The fourth-order valence-electron chi connectivity index (χ4n) is 3.74. The van der Waals surface area contributed by atoms with Gasteiger partial charge in [0.2, 0.25) is 5.91 Å². The van der Waals surface area contributed by atoms with E-state index in [0.29, 0.717) is 13.0 Å². The summed E-state index contributed by atoms with van der Waals surface area (Å²) in [5, 5.41) is 0. The number of rotatable bonds is 3. The van der Waals surface area contributed by atoms with Crippen LogP contribution in [0.4, 0.5) is 14.5 Å². The Morgan fingerprint density at radius 3 is 2.45 bits per heavy atom. The number of anilines is 1. The molecule has 0 unspecified atom stereocenters. The van der Waals surface area contributed by atoms with E-state index in [1.165, 1.54) is 0 Å². The molecule has 2 heterocycles. The number of halogens is 2. The van der Waals surface area contributed by atoms with E-state index in [2.05, 4.69) is 0 Å². The van der Waals surface area contributed by atoms with E-state index in [1.54, 1.807) is 4.90 Å². The molecule has 2 aromatic rings. The molecule has 0 spiro atoms. The Hall–Kier alpha value is -2.25. The molecule has 4 nitrogen and oxygen atoms in total. The minimum Gasteiger partial charge on any atom is -0.399 e. The van der Waals surface area contributed by atoms with Gasteiger partial charge < -0.3 is 14.2 Å². The molecule has 0 atom stereocenters. The summed E-state index contributed by atoms with van der Waals surface area (Å²) in [6.45, 7) is 8.54. The molecule has 0 N–H and O–H groups in total. The first-order valence-electron chi connectivity index (χ1n) is 9.80. The molecule has 4 rings (SSSR count). The summed E-state index contributed by atoms with van der Waals surface area (Å²) in [6.07, 6.45) is 0.516. The molecule has 1 saturated heterocycles. The number of amides is 1. The van der Waals surface area contributed by atoms with Crippen LogP contribution in [0.5, 0.6) is 0 Å². The Morgan fingerprint density at radius 1 is 1.07 bits per heavy atom. The summed E-state index contributed by atoms with van der Waals surface area (Å²) < 4.78 is 39.5. The fourth-order valence-corrected chi connectivity index (χ4v) is 3.74. The summed E-state index contributed by atoms with van der Waals surface area (Å²) in [5.74, 6) is -1.38. The molecular formula is C22H24BF2NO3. The second-order valence-corrected chi connectivity index (χ2v) is 8.68. The van der Waals surface area contributed by atoms with Crippen molar-refractivity contribution < 1.29 is 22.9 Å². The van der Waals surface area contributed by atoms with Crippen molar-refractivity contribution in [2.75, 3.05) is 11.4 Å². The lowest BCUT2D eigenvalue weighted by atomic mass is 9.78. The minimum absolute atomic E-state index is 0.0669. The maximum atomic E-state index is 13.9. The lowest BCUT2D eigenvalue weighted by Crippen LogP contribution is -2.41. The van der Waals surface area contributed by atoms with Gasteiger partial charge in [-0.25, -0.2) is 8.78 Å². The van der Waals surface area contributed by atoms with Crippen LogP contribution >= 0.6 is 0 Å². The molecule has 2 aromatic carbocycles. The van der Waals surface area contributed by atoms with Crippen LogP contribution in [-0.4, -0.2) is 30.8 Å². The number of nitrogens with zero attached hydrogens (tertiary/aromatic N) is 1. The van der Waals surface area contributed by atoms with Crippen molar-refractivity contribution in [2.24, 2.45) is 0 Å². The van der Waals surface area contributed by atoms with Crippen molar-refractivity contribution in [1.82, 2.24) is 0 Å². The number of hydrogen-bond donors (Lipinski definition) is 0. The summed E-state index contributed by atoms with van der Waals surface area (Å²) in [7, 11) is -0.462. The van der Waals surface area contributed by atoms with Gasteiger partial charge in [0.05, 0.1) is 17.6 Å². The molecule has 0 bridgehead atoms. The van der Waals surface area contributed by atoms with Crippen molar-refractivity contribution in [3.8, 4) is 0 Å². The fraction of sp³-hybridized carbons (Fsp3) is 0.409. The van der Waals surface area contributed by atoms with E-state index in [-0.39, 0.29) is 17.9 Å². The van der Waals surface area contributed by atoms with Crippen molar-refractivity contribution >= 4 is 24.2 Å². The highest BCUT2D eigenvalue weighted by molar-refractivity contribution is 6.62. The zero-order valence-corrected chi connectivity index (χ0v) is 17.1. The number of benzene rings is 2. The van der Waals surface area contributed by atoms with Gasteiger partial charge >= 0.3 is 7.12 Å². The smallest absolute Gasteiger partial charge is 0.399 e. The number of carbonyl (C=O) groups is 1. The van der Waals surface area contributed by atoms with Crippen LogP contribution in [-0.2, 0) is 26.9 Å². The second-order valence-electron chi connectivity index (χ2n) is 8.68. The summed E-state index contributed by atoms with van der Waals surface area (Å²) in [4.78, 5) is 14.4. The lowest BCUT2D eigenvalue weighted by molar-refractivity contribution is -0.117. The van der Waals surface area contributed by atoms with Crippen molar-refractivity contribution in [3.63, 3.8) is 0 Å². The highest BCUT2D eigenvalue weighted by Gasteiger charge is 2.51. The summed E-state index contributed by atoms with van der Waals surface area (Å²) in [6, 6.07) is 8.95. The van der Waals surface area contributed by atoms with Crippen LogP contribution in [0.15, 0.2) is 36.4 Å². The van der Waals surface area contributed by atoms with Gasteiger partial charge in [-0.05, 0) is 69.4 Å². The lowest BCUT2D eigenvalue weighted by Gasteiger charge is -2.32. The third-order valence-corrected chi connectivity index (χ3v) is 6.18. The van der Waals surface area contributed by atoms with Crippen molar-refractivity contribution in [1.29, 1.82) is 0 Å². The zero-order chi connectivity index (χ0) is 21.0. The second kappa shape index (κ2) is 6.92. The number of hydrogen-bond acceptors (Lipinski definition) is 3. The Kier molecular flexibility index (Phi) is 4.78. The monoisotopic (exact) mass is 399 g/mol. The first-order valence-corrected chi connectivity index (χ1v) is 9.80. The predicted molar refractivity (Wildman–Crippen MR) is 108 cm³/mol. The van der Waals surface area contributed by atoms with Gasteiger partial charge in [0, 0.05) is 17.8 Å². The van der Waals surface area contributed by atoms with Gasteiger partial charge in [-0.15, -0.1) is 0 Å². The van der Waals surface area contributed by atoms with Crippen LogP contribution in [0, 0.1) is 11.6 Å². The quantitative estimate of drug-likeness (QED) is 0.743. The third-order valence-electron chi connectivity index (χ3n) is 6.18. The zero-order valence-electron chi connectivity index (χ0n) is 17.1. The first-order chi connectivity index (χ1) is 13.6. The SMILES string of the molecule is CC1(C)OB(c2ccc3c(c2)CCN3C(=O)Cc2cc(F)ccc2F)OC1(C)C. The van der Waals surface area contributed by atoms with Gasteiger partial charge in [-0.3, -0.25) is 4.79 Å². The first kappa shape index (κ1) is 20.0. The normalized spacial score (nSPS) is 19.5. The van der Waals surface area contributed by atoms with Crippen molar-refractivity contribution in [3.05, 3.63) is 59.2 Å². The van der Waals surface area contributed by atoms with E-state index in [0.717, 1.165) is 34.9 Å². The van der Waals surface area contributed by atoms with Gasteiger partial charge in [0.1, 0.15) is 11.6 Å². The van der Waals surface area contributed by atoms with Crippen LogP contribution in [0.1, 0.15) is 38.8 Å². The molecule has 1 fully saturated rings. The van der Waals surface area contributed by atoms with Gasteiger partial charge in [0.15, 0.2) is 0 Å². The maximum Gasteiger partial charge on any atom is 0.494 e. The Balaban J connectivity index is 1.53. The van der Waals surface area contributed by atoms with Crippen LogP contribution < -0.4 is 10.4 Å². The van der Waals surface area contributed by atoms with Gasteiger partial charge in [0.25, 0.3) is 0 Å². The van der Waals surface area contributed by atoms with E-state index >= 15 is 0 Å². The molecule has 0 aliphatic carbocycles. The number of fused-ring (bicyclic) bond motifs is 1. The molecule has 0 radical (unpaired) electrons. The largest absolute Gasteiger partial charge is 0.494 e. The predicted octanol–water partition coefficient (Wildman–Crippen LogP) is 3.40. The molecule has 0 saturated carbocycles. The van der Waals surface area contributed by atoms with E-state index in [9.17, 15) is 13.6 Å². The molecule has 2 aliphatic rings. The van der Waals surface area contributed by atoms with E-state index < -0.39 is 30.0 Å². The molecule has 7 heteroatoms. The average molecular weight is 399 g/mol. The van der Waals surface area contributed by atoms with E-state index in [1.807, 2.05) is 45.9 Å². The van der Waals surface area contributed by atoms with Crippen molar-refractivity contribution in [2.45, 2.75) is 51.7 Å². The van der Waals surface area contributed by atoms with E-state index in [4.69, 9.17) is 9.31 Å². The molecule has 29 heavy (non-hydrogen) atoms. The average Bonchev–Trinajstić information content (AvgIpc) is 3.15. The topological polar surface area (TPSA) is 38.8 Å². The molecule has 0 aromatic heterocycles. The third kappa shape index (κ3) is 3.58. The van der Waals surface area contributed by atoms with Gasteiger partial charge in [-0.1, -0.05) is 12.1 Å². The van der Waals surface area contributed by atoms with Crippen LogP contribution in [0.2, 0.25) is 0 Å². The number of carbonyl (C=O) groups excluding carboxylic acids is 1. The Morgan fingerprint density at radius 2 is 1.76 bits per heavy atom. The molecule has 2 aliphatic heterocycles. The molecule has 152 valence electrons. The summed E-state index contributed by atoms with van der Waals surface area (Å²) in [5.41, 5.74) is 1.95. The highest BCUT2D eigenvalue weighted by Crippen LogP contribution is 2.37. The van der Waals surface area contributed by atoms with Gasteiger partial charge in [-0.2, -0.15) is 0 Å². The molecular weight excluding hydrogens is 375 g/mol. The van der Waals surface area contributed by atoms with Crippen LogP contribution in [0.25, 0.3) is 0 Å². The summed E-state index contributed by atoms with van der Waals surface area (Å²) >= 11 is 0. The van der Waals surface area contributed by atoms with Crippen LogP contribution in [0.3, 0.4) is 0 Å².